The third kappa shape index (κ3) is 8.79. The van der Waals surface area contributed by atoms with Crippen LogP contribution in [0, 0.1) is 0 Å². The van der Waals surface area contributed by atoms with Gasteiger partial charge in [0.15, 0.2) is 0 Å². The van der Waals surface area contributed by atoms with Crippen LogP contribution in [0.15, 0.2) is 0 Å². The topological polar surface area (TPSA) is 58.5 Å². The molecule has 2 rings (SSSR count). The molecular weight excluding hydrogens is 362 g/mol. The Bertz CT molecular complexity index is 573. The number of ether oxygens (including phenoxy) is 1. The summed E-state index contributed by atoms with van der Waals surface area (Å²) in [5.41, 5.74) is 0.727. The largest absolute Gasteiger partial charge is 0.502 e. The lowest BCUT2D eigenvalue weighted by Gasteiger charge is -2.26. The van der Waals surface area contributed by atoms with Gasteiger partial charge < -0.3 is 14.7 Å². The second-order valence-electron chi connectivity index (χ2n) is 8.83. The number of rotatable bonds is 16. The second-order valence-corrected chi connectivity index (χ2v) is 8.83. The van der Waals surface area contributed by atoms with Gasteiger partial charge in [-0.2, -0.15) is 4.98 Å². The van der Waals surface area contributed by atoms with Gasteiger partial charge in [0.2, 0.25) is 11.7 Å². The van der Waals surface area contributed by atoms with Crippen molar-refractivity contribution in [3.05, 3.63) is 5.69 Å². The number of aromatic nitrogens is 2. The van der Waals surface area contributed by atoms with E-state index in [1.807, 2.05) is 19.0 Å². The van der Waals surface area contributed by atoms with Gasteiger partial charge in [0.25, 0.3) is 5.88 Å². The van der Waals surface area contributed by atoms with E-state index >= 15 is 0 Å². The maximum absolute atomic E-state index is 10.6. The minimum Gasteiger partial charge on any atom is -0.502 e. The number of unbranched alkanes of at least 4 members (excludes halogenated alkanes) is 11. The molecule has 0 bridgehead atoms. The highest BCUT2D eigenvalue weighted by atomic mass is 16.5. The van der Waals surface area contributed by atoms with Crippen LogP contribution in [-0.4, -0.2) is 35.3 Å². The summed E-state index contributed by atoms with van der Waals surface area (Å²) < 4.78 is 5.90. The quantitative estimate of drug-likeness (QED) is 0.321. The van der Waals surface area contributed by atoms with Crippen molar-refractivity contribution in [1.82, 2.24) is 9.97 Å². The lowest BCUT2D eigenvalue weighted by molar-refractivity contribution is 0.110. The first-order valence-corrected chi connectivity index (χ1v) is 12.1. The van der Waals surface area contributed by atoms with E-state index in [0.29, 0.717) is 11.8 Å². The van der Waals surface area contributed by atoms with Gasteiger partial charge in [0, 0.05) is 14.1 Å². The van der Waals surface area contributed by atoms with E-state index in [4.69, 9.17) is 4.74 Å². The number of anilines is 1. The Hall–Kier alpha value is -1.52. The normalized spacial score (nSPS) is 14.0. The predicted molar refractivity (Wildman–Crippen MR) is 121 cm³/mol. The third-order valence-electron chi connectivity index (χ3n) is 5.91. The molecule has 1 heterocycles. The van der Waals surface area contributed by atoms with Crippen LogP contribution >= 0.6 is 0 Å². The monoisotopic (exact) mass is 405 g/mol. The van der Waals surface area contributed by atoms with Crippen LogP contribution in [0.3, 0.4) is 0 Å². The van der Waals surface area contributed by atoms with E-state index in [1.54, 1.807) is 0 Å². The minimum absolute atomic E-state index is 0.144. The van der Waals surface area contributed by atoms with E-state index in [9.17, 15) is 5.11 Å². The molecule has 1 aliphatic rings. The summed E-state index contributed by atoms with van der Waals surface area (Å²) in [4.78, 5) is 10.8. The fourth-order valence-electron chi connectivity index (χ4n) is 3.70. The highest BCUT2D eigenvalue weighted by Gasteiger charge is 2.23. The molecule has 29 heavy (non-hydrogen) atoms. The summed E-state index contributed by atoms with van der Waals surface area (Å²) in [7, 11) is 3.85. The molecule has 1 aromatic heterocycles. The molecule has 1 N–H and O–H groups in total. The van der Waals surface area contributed by atoms with Crippen LogP contribution in [-0.2, 0) is 6.42 Å². The Balaban J connectivity index is 1.65. The van der Waals surface area contributed by atoms with Crippen LogP contribution in [0.25, 0.3) is 0 Å². The lowest BCUT2D eigenvalue weighted by atomic mass is 9.96. The molecule has 0 radical (unpaired) electrons. The summed E-state index contributed by atoms with van der Waals surface area (Å²) >= 11 is 0. The molecule has 0 atom stereocenters. The number of hydrogen-bond acceptors (Lipinski definition) is 5. The molecule has 1 saturated carbocycles. The molecule has 1 aromatic rings. The molecule has 5 heteroatoms. The molecule has 5 nitrogen and oxygen atoms in total. The molecule has 0 saturated heterocycles. The zero-order valence-electron chi connectivity index (χ0n) is 19.1. The van der Waals surface area contributed by atoms with Crippen molar-refractivity contribution < 1.29 is 9.84 Å². The first kappa shape index (κ1) is 23.8. The Morgan fingerprint density at radius 2 is 1.41 bits per heavy atom. The predicted octanol–water partition coefficient (Wildman–Crippen LogP) is 6.42. The Morgan fingerprint density at radius 1 is 0.862 bits per heavy atom. The van der Waals surface area contributed by atoms with Crippen molar-refractivity contribution in [2.75, 3.05) is 19.0 Å². The average Bonchev–Trinajstić information content (AvgIpc) is 2.67. The van der Waals surface area contributed by atoms with Gasteiger partial charge in [-0.1, -0.05) is 77.6 Å². The number of aryl methyl sites for hydroxylation is 1. The molecule has 1 aliphatic carbocycles. The second kappa shape index (κ2) is 13.7. The summed E-state index contributed by atoms with van der Waals surface area (Å²) in [5.74, 6) is 1.12. The van der Waals surface area contributed by atoms with Gasteiger partial charge >= 0.3 is 0 Å². The van der Waals surface area contributed by atoms with Crippen LogP contribution in [0.1, 0.15) is 109 Å². The number of hydrogen-bond donors (Lipinski definition) is 1. The smallest absolute Gasteiger partial charge is 0.262 e. The van der Waals surface area contributed by atoms with Crippen LogP contribution in [0.4, 0.5) is 5.95 Å². The summed E-state index contributed by atoms with van der Waals surface area (Å²) in [6.45, 7) is 2.27. The maximum atomic E-state index is 10.6. The highest BCUT2D eigenvalue weighted by molar-refractivity contribution is 5.43. The first-order chi connectivity index (χ1) is 14.1. The fourth-order valence-corrected chi connectivity index (χ4v) is 3.70. The van der Waals surface area contributed by atoms with E-state index in [1.165, 1.54) is 77.0 Å². The van der Waals surface area contributed by atoms with Crippen molar-refractivity contribution in [3.63, 3.8) is 0 Å². The SMILES string of the molecule is CCCCCCCCCCCCCCc1nc(N(C)C)nc(OC2CCC2)c1O. The van der Waals surface area contributed by atoms with Crippen LogP contribution in [0.5, 0.6) is 11.6 Å². The molecule has 0 spiro atoms. The van der Waals surface area contributed by atoms with E-state index < -0.39 is 0 Å². The van der Waals surface area contributed by atoms with Crippen molar-refractivity contribution >= 4 is 5.95 Å². The van der Waals surface area contributed by atoms with Crippen molar-refractivity contribution in [2.45, 2.75) is 116 Å². The number of aromatic hydroxyl groups is 1. The average molecular weight is 406 g/mol. The Morgan fingerprint density at radius 3 is 1.90 bits per heavy atom. The standard InChI is InChI=1S/C24H43N3O2/c1-4-5-6-7-8-9-10-11-12-13-14-15-19-21-22(28)23(29-20-17-16-18-20)26-24(25-21)27(2)3/h20,28H,4-19H2,1-3H3. The van der Waals surface area contributed by atoms with Gasteiger partial charge in [-0.3, -0.25) is 0 Å². The van der Waals surface area contributed by atoms with E-state index in [-0.39, 0.29) is 11.9 Å². The number of nitrogens with zero attached hydrogens (tertiary/aromatic N) is 3. The molecule has 166 valence electrons. The fraction of sp³-hybridized carbons (Fsp3) is 0.833. The summed E-state index contributed by atoms with van der Waals surface area (Å²) in [5, 5.41) is 10.6. The molecule has 0 aromatic carbocycles. The molecule has 0 aliphatic heterocycles. The third-order valence-corrected chi connectivity index (χ3v) is 5.91. The van der Waals surface area contributed by atoms with Crippen molar-refractivity contribution in [1.29, 1.82) is 0 Å². The lowest BCUT2D eigenvalue weighted by Crippen LogP contribution is -2.25. The van der Waals surface area contributed by atoms with E-state index in [2.05, 4.69) is 16.9 Å². The van der Waals surface area contributed by atoms with E-state index in [0.717, 1.165) is 31.4 Å². The molecule has 1 fully saturated rings. The van der Waals surface area contributed by atoms with Crippen LogP contribution < -0.4 is 9.64 Å². The minimum atomic E-state index is 0.144. The summed E-state index contributed by atoms with van der Waals surface area (Å²) in [6.07, 6.45) is 20.2. The molecular formula is C24H43N3O2. The maximum Gasteiger partial charge on any atom is 0.262 e. The van der Waals surface area contributed by atoms with Crippen molar-refractivity contribution in [3.8, 4) is 11.6 Å². The molecule has 0 unspecified atom stereocenters. The zero-order valence-corrected chi connectivity index (χ0v) is 19.1. The van der Waals surface area contributed by atoms with Crippen molar-refractivity contribution in [2.24, 2.45) is 0 Å². The zero-order chi connectivity index (χ0) is 20.9. The van der Waals surface area contributed by atoms with Gasteiger partial charge in [-0.25, -0.2) is 4.98 Å². The summed E-state index contributed by atoms with van der Waals surface area (Å²) in [6, 6.07) is 0. The van der Waals surface area contributed by atoms with Gasteiger partial charge in [-0.05, 0) is 32.1 Å². The van der Waals surface area contributed by atoms with Gasteiger partial charge in [0.1, 0.15) is 6.10 Å². The van der Waals surface area contributed by atoms with Crippen LogP contribution in [0.2, 0.25) is 0 Å². The van der Waals surface area contributed by atoms with Gasteiger partial charge in [-0.15, -0.1) is 0 Å². The molecule has 0 amide bonds. The Kier molecular flexibility index (Phi) is 11.2. The Labute approximate surface area is 178 Å². The van der Waals surface area contributed by atoms with Gasteiger partial charge in [0.05, 0.1) is 5.69 Å². The highest BCUT2D eigenvalue weighted by Crippen LogP contribution is 2.34. The first-order valence-electron chi connectivity index (χ1n) is 12.1.